The number of hydrogen-bond donors (Lipinski definition) is 2. The molecule has 0 spiro atoms. The standard InChI is InChI=1S/C16H24N2O4/c1-18(10-13(19)11-21-2)7-8-22-14-4-5-15-12(9-14)3-6-16(20)17-15/h4-5,9,13,19H,3,6-8,10-11H2,1-2H3,(H,17,20). The number of nitrogens with zero attached hydrogens (tertiary/aromatic N) is 1. The van der Waals surface area contributed by atoms with Gasteiger partial charge in [-0.25, -0.2) is 0 Å². The van der Waals surface area contributed by atoms with Crippen LogP contribution in [0.3, 0.4) is 0 Å². The summed E-state index contributed by atoms with van der Waals surface area (Å²) in [6, 6.07) is 5.73. The van der Waals surface area contributed by atoms with Gasteiger partial charge in [0.1, 0.15) is 12.4 Å². The average molecular weight is 308 g/mol. The number of aliphatic hydroxyl groups is 1. The Morgan fingerprint density at radius 2 is 2.23 bits per heavy atom. The summed E-state index contributed by atoms with van der Waals surface area (Å²) in [6.45, 7) is 2.14. The number of carbonyl (C=O) groups excluding carboxylic acids is 1. The van der Waals surface area contributed by atoms with Gasteiger partial charge in [-0.3, -0.25) is 4.79 Å². The largest absolute Gasteiger partial charge is 0.492 e. The van der Waals surface area contributed by atoms with E-state index in [0.717, 1.165) is 23.4 Å². The maximum absolute atomic E-state index is 11.3. The second-order valence-corrected chi connectivity index (χ2v) is 5.59. The number of carbonyl (C=O) groups is 1. The first-order chi connectivity index (χ1) is 10.6. The molecule has 122 valence electrons. The molecule has 6 heteroatoms. The Hall–Kier alpha value is -1.63. The van der Waals surface area contributed by atoms with Crippen molar-refractivity contribution in [2.45, 2.75) is 18.9 Å². The van der Waals surface area contributed by atoms with Gasteiger partial charge in [0.05, 0.1) is 12.7 Å². The van der Waals surface area contributed by atoms with Crippen molar-refractivity contribution >= 4 is 11.6 Å². The molecule has 1 aliphatic heterocycles. The molecular weight excluding hydrogens is 284 g/mol. The Kier molecular flexibility index (Phi) is 6.18. The zero-order chi connectivity index (χ0) is 15.9. The molecule has 2 rings (SSSR count). The molecule has 0 aromatic heterocycles. The number of benzene rings is 1. The Bertz CT molecular complexity index is 507. The average Bonchev–Trinajstić information content (AvgIpc) is 2.47. The van der Waals surface area contributed by atoms with Crippen LogP contribution in [0.25, 0.3) is 0 Å². The van der Waals surface area contributed by atoms with E-state index in [9.17, 15) is 9.90 Å². The van der Waals surface area contributed by atoms with Gasteiger partial charge in [0, 0.05) is 32.3 Å². The highest BCUT2D eigenvalue weighted by atomic mass is 16.5. The highest BCUT2D eigenvalue weighted by Gasteiger charge is 2.15. The number of aliphatic hydroxyl groups excluding tert-OH is 1. The summed E-state index contributed by atoms with van der Waals surface area (Å²) in [5.74, 6) is 0.873. The molecule has 1 atom stereocenters. The summed E-state index contributed by atoms with van der Waals surface area (Å²) in [5.41, 5.74) is 1.99. The van der Waals surface area contributed by atoms with Crippen LogP contribution in [0.1, 0.15) is 12.0 Å². The normalized spacial score (nSPS) is 15.4. The van der Waals surface area contributed by atoms with E-state index in [1.165, 1.54) is 0 Å². The van der Waals surface area contributed by atoms with E-state index >= 15 is 0 Å². The number of hydrogen-bond acceptors (Lipinski definition) is 5. The van der Waals surface area contributed by atoms with E-state index < -0.39 is 6.10 Å². The first-order valence-corrected chi connectivity index (χ1v) is 7.49. The lowest BCUT2D eigenvalue weighted by Crippen LogP contribution is -2.34. The quantitative estimate of drug-likeness (QED) is 0.746. The molecule has 0 saturated heterocycles. The fourth-order valence-corrected chi connectivity index (χ4v) is 2.47. The lowest BCUT2D eigenvalue weighted by Gasteiger charge is -2.21. The predicted molar refractivity (Wildman–Crippen MR) is 84.3 cm³/mol. The topological polar surface area (TPSA) is 71.0 Å². The van der Waals surface area contributed by atoms with Gasteiger partial charge in [-0.15, -0.1) is 0 Å². The second-order valence-electron chi connectivity index (χ2n) is 5.59. The summed E-state index contributed by atoms with van der Waals surface area (Å²) >= 11 is 0. The van der Waals surface area contributed by atoms with E-state index in [0.29, 0.717) is 32.7 Å². The zero-order valence-corrected chi connectivity index (χ0v) is 13.2. The molecule has 0 aliphatic carbocycles. The summed E-state index contributed by atoms with van der Waals surface area (Å²) in [7, 11) is 3.51. The highest BCUT2D eigenvalue weighted by Crippen LogP contribution is 2.26. The van der Waals surface area contributed by atoms with E-state index in [-0.39, 0.29) is 5.91 Å². The van der Waals surface area contributed by atoms with Crippen molar-refractivity contribution in [2.24, 2.45) is 0 Å². The number of rotatable bonds is 8. The summed E-state index contributed by atoms with van der Waals surface area (Å²) in [4.78, 5) is 13.3. The lowest BCUT2D eigenvalue weighted by molar-refractivity contribution is -0.116. The third-order valence-corrected chi connectivity index (χ3v) is 3.60. The van der Waals surface area contributed by atoms with Crippen LogP contribution in [-0.4, -0.2) is 62.5 Å². The summed E-state index contributed by atoms with van der Waals surface area (Å²) in [6.07, 6.45) is 0.792. The Labute approximate surface area is 131 Å². The number of anilines is 1. The number of ether oxygens (including phenoxy) is 2. The van der Waals surface area contributed by atoms with Crippen LogP contribution in [0.15, 0.2) is 18.2 Å². The molecule has 6 nitrogen and oxygen atoms in total. The molecular formula is C16H24N2O4. The van der Waals surface area contributed by atoms with Crippen molar-refractivity contribution in [3.63, 3.8) is 0 Å². The van der Waals surface area contributed by atoms with Crippen molar-refractivity contribution in [1.82, 2.24) is 4.90 Å². The third kappa shape index (κ3) is 4.98. The molecule has 22 heavy (non-hydrogen) atoms. The molecule has 1 amide bonds. The maximum Gasteiger partial charge on any atom is 0.224 e. The summed E-state index contributed by atoms with van der Waals surface area (Å²) in [5, 5.41) is 12.5. The van der Waals surface area contributed by atoms with Crippen molar-refractivity contribution < 1.29 is 19.4 Å². The minimum Gasteiger partial charge on any atom is -0.492 e. The molecule has 1 unspecified atom stereocenters. The van der Waals surface area contributed by atoms with Gasteiger partial charge >= 0.3 is 0 Å². The molecule has 1 aromatic rings. The molecule has 0 radical (unpaired) electrons. The monoisotopic (exact) mass is 308 g/mol. The first kappa shape index (κ1) is 16.7. The first-order valence-electron chi connectivity index (χ1n) is 7.49. The van der Waals surface area contributed by atoms with Gasteiger partial charge in [0.25, 0.3) is 0 Å². The van der Waals surface area contributed by atoms with Crippen LogP contribution in [0.5, 0.6) is 5.75 Å². The van der Waals surface area contributed by atoms with Crippen LogP contribution in [0, 0.1) is 0 Å². The van der Waals surface area contributed by atoms with E-state index in [1.54, 1.807) is 7.11 Å². The lowest BCUT2D eigenvalue weighted by atomic mass is 10.0. The van der Waals surface area contributed by atoms with Gasteiger partial charge in [0.15, 0.2) is 0 Å². The van der Waals surface area contributed by atoms with Gasteiger partial charge in [-0.05, 0) is 37.2 Å². The molecule has 0 bridgehead atoms. The molecule has 2 N–H and O–H groups in total. The van der Waals surface area contributed by atoms with Crippen LogP contribution < -0.4 is 10.1 Å². The SMILES string of the molecule is COCC(O)CN(C)CCOc1ccc2c(c1)CCC(=O)N2. The second kappa shape index (κ2) is 8.12. The fraction of sp³-hybridized carbons (Fsp3) is 0.562. The highest BCUT2D eigenvalue weighted by molar-refractivity contribution is 5.93. The van der Waals surface area contributed by atoms with Crippen LogP contribution in [-0.2, 0) is 16.0 Å². The molecule has 1 aliphatic rings. The number of aryl methyl sites for hydroxylation is 1. The fourth-order valence-electron chi connectivity index (χ4n) is 2.47. The van der Waals surface area contributed by atoms with Gasteiger partial charge in [-0.1, -0.05) is 0 Å². The van der Waals surface area contributed by atoms with Crippen LogP contribution >= 0.6 is 0 Å². The van der Waals surface area contributed by atoms with Gasteiger partial charge < -0.3 is 24.8 Å². The van der Waals surface area contributed by atoms with Crippen molar-refractivity contribution in [3.8, 4) is 5.75 Å². The molecule has 1 aromatic carbocycles. The third-order valence-electron chi connectivity index (χ3n) is 3.60. The van der Waals surface area contributed by atoms with Crippen molar-refractivity contribution in [2.75, 3.05) is 45.8 Å². The van der Waals surface area contributed by atoms with Gasteiger partial charge in [-0.2, -0.15) is 0 Å². The van der Waals surface area contributed by atoms with E-state index in [2.05, 4.69) is 5.32 Å². The van der Waals surface area contributed by atoms with Crippen molar-refractivity contribution in [3.05, 3.63) is 23.8 Å². The number of likely N-dealkylation sites (N-methyl/N-ethyl adjacent to an activating group) is 1. The minimum absolute atomic E-state index is 0.0670. The Morgan fingerprint density at radius 3 is 3.00 bits per heavy atom. The van der Waals surface area contributed by atoms with Crippen LogP contribution in [0.4, 0.5) is 5.69 Å². The van der Waals surface area contributed by atoms with Crippen molar-refractivity contribution in [1.29, 1.82) is 0 Å². The predicted octanol–water partition coefficient (Wildman–Crippen LogP) is 0.889. The smallest absolute Gasteiger partial charge is 0.224 e. The van der Waals surface area contributed by atoms with E-state index in [4.69, 9.17) is 9.47 Å². The zero-order valence-electron chi connectivity index (χ0n) is 13.2. The Morgan fingerprint density at radius 1 is 1.41 bits per heavy atom. The number of amides is 1. The van der Waals surface area contributed by atoms with Gasteiger partial charge in [0.2, 0.25) is 5.91 Å². The molecule has 0 saturated carbocycles. The summed E-state index contributed by atoms with van der Waals surface area (Å²) < 4.78 is 10.6. The number of fused-ring (bicyclic) bond motifs is 1. The molecule has 1 heterocycles. The molecule has 0 fully saturated rings. The Balaban J connectivity index is 1.76. The number of nitrogens with one attached hydrogen (secondary N) is 1. The number of methoxy groups -OCH3 is 1. The minimum atomic E-state index is -0.484. The maximum atomic E-state index is 11.3. The van der Waals surface area contributed by atoms with Crippen LogP contribution in [0.2, 0.25) is 0 Å². The van der Waals surface area contributed by atoms with E-state index in [1.807, 2.05) is 30.1 Å².